The first-order valence-corrected chi connectivity index (χ1v) is 6.32. The Morgan fingerprint density at radius 2 is 2.06 bits per heavy atom. The molecular formula is C13H21N5. The Hall–Kier alpha value is -1.62. The molecule has 2 heterocycles. The van der Waals surface area contributed by atoms with Crippen molar-refractivity contribution in [2.75, 3.05) is 6.54 Å². The summed E-state index contributed by atoms with van der Waals surface area (Å²) < 4.78 is 4.11. The van der Waals surface area contributed by atoms with E-state index >= 15 is 0 Å². The minimum absolute atomic E-state index is 0.673. The Balaban J connectivity index is 2.10. The van der Waals surface area contributed by atoms with Crippen LogP contribution >= 0.6 is 0 Å². The molecule has 18 heavy (non-hydrogen) atoms. The maximum absolute atomic E-state index is 5.63. The van der Waals surface area contributed by atoms with Gasteiger partial charge in [0.1, 0.15) is 5.82 Å². The third kappa shape index (κ3) is 2.46. The van der Waals surface area contributed by atoms with Gasteiger partial charge in [-0.05, 0) is 32.4 Å². The van der Waals surface area contributed by atoms with Crippen molar-refractivity contribution in [1.82, 2.24) is 19.3 Å². The number of nitrogens with zero attached hydrogens (tertiary/aromatic N) is 4. The summed E-state index contributed by atoms with van der Waals surface area (Å²) in [6.07, 6.45) is 5.60. The van der Waals surface area contributed by atoms with Crippen LogP contribution in [-0.2, 0) is 26.4 Å². The van der Waals surface area contributed by atoms with Gasteiger partial charge in [-0.3, -0.25) is 4.68 Å². The van der Waals surface area contributed by atoms with Gasteiger partial charge in [-0.2, -0.15) is 5.10 Å². The smallest absolute Gasteiger partial charge is 0.110 e. The van der Waals surface area contributed by atoms with Crippen LogP contribution in [0.25, 0.3) is 0 Å². The lowest BCUT2D eigenvalue weighted by Gasteiger charge is -2.05. The minimum atomic E-state index is 0.673. The highest BCUT2D eigenvalue weighted by Crippen LogP contribution is 2.13. The van der Waals surface area contributed by atoms with E-state index in [1.165, 1.54) is 11.3 Å². The molecule has 0 aliphatic heterocycles. The van der Waals surface area contributed by atoms with Crippen molar-refractivity contribution in [3.8, 4) is 0 Å². The van der Waals surface area contributed by atoms with Crippen molar-refractivity contribution in [3.05, 3.63) is 35.2 Å². The number of hydrogen-bond donors (Lipinski definition) is 1. The second-order valence-electron chi connectivity index (χ2n) is 4.62. The fourth-order valence-corrected chi connectivity index (χ4v) is 2.30. The maximum atomic E-state index is 5.63. The topological polar surface area (TPSA) is 61.7 Å². The zero-order chi connectivity index (χ0) is 13.1. The van der Waals surface area contributed by atoms with E-state index in [0.29, 0.717) is 6.54 Å². The lowest BCUT2D eigenvalue weighted by molar-refractivity contribution is 0.572. The molecule has 0 aliphatic rings. The van der Waals surface area contributed by atoms with Crippen LogP contribution in [0, 0.1) is 13.8 Å². The van der Waals surface area contributed by atoms with Crippen LogP contribution in [0.4, 0.5) is 0 Å². The van der Waals surface area contributed by atoms with E-state index in [9.17, 15) is 0 Å². The highest BCUT2D eigenvalue weighted by atomic mass is 15.3. The van der Waals surface area contributed by atoms with Crippen LogP contribution in [0.15, 0.2) is 12.4 Å². The van der Waals surface area contributed by atoms with Gasteiger partial charge in [0, 0.05) is 38.1 Å². The van der Waals surface area contributed by atoms with E-state index in [0.717, 1.165) is 30.9 Å². The molecule has 0 bridgehead atoms. The standard InChI is InChI=1S/C13H21N5/c1-10-12(4-6-14)11(2)18(16-10)8-5-13-15-7-9-17(13)3/h7,9H,4-6,8,14H2,1-3H3. The summed E-state index contributed by atoms with van der Waals surface area (Å²) in [5, 5.41) is 4.58. The van der Waals surface area contributed by atoms with Gasteiger partial charge in [-0.25, -0.2) is 4.98 Å². The summed E-state index contributed by atoms with van der Waals surface area (Å²) in [5.41, 5.74) is 9.24. The molecule has 98 valence electrons. The molecule has 2 rings (SSSR count). The number of aryl methyl sites for hydroxylation is 4. The molecule has 0 amide bonds. The monoisotopic (exact) mass is 247 g/mol. The molecule has 0 fully saturated rings. The van der Waals surface area contributed by atoms with Crippen LogP contribution in [0.2, 0.25) is 0 Å². The number of rotatable bonds is 5. The second kappa shape index (κ2) is 5.35. The van der Waals surface area contributed by atoms with E-state index < -0.39 is 0 Å². The van der Waals surface area contributed by atoms with Gasteiger partial charge in [-0.15, -0.1) is 0 Å². The van der Waals surface area contributed by atoms with E-state index in [2.05, 4.69) is 28.6 Å². The largest absolute Gasteiger partial charge is 0.338 e. The van der Waals surface area contributed by atoms with Gasteiger partial charge in [-0.1, -0.05) is 0 Å². The normalized spacial score (nSPS) is 11.1. The number of nitrogens with two attached hydrogens (primary N) is 1. The summed E-state index contributed by atoms with van der Waals surface area (Å²) in [6, 6.07) is 0. The van der Waals surface area contributed by atoms with Crippen LogP contribution < -0.4 is 5.73 Å². The molecule has 0 aliphatic carbocycles. The van der Waals surface area contributed by atoms with Crippen LogP contribution in [0.1, 0.15) is 22.8 Å². The highest BCUT2D eigenvalue weighted by molar-refractivity contribution is 5.24. The molecule has 0 atom stereocenters. The fraction of sp³-hybridized carbons (Fsp3) is 0.538. The molecule has 2 aromatic heterocycles. The van der Waals surface area contributed by atoms with E-state index in [-0.39, 0.29) is 0 Å². The van der Waals surface area contributed by atoms with Crippen molar-refractivity contribution in [1.29, 1.82) is 0 Å². The average molecular weight is 247 g/mol. The third-order valence-electron chi connectivity index (χ3n) is 3.39. The van der Waals surface area contributed by atoms with Gasteiger partial charge in [0.05, 0.1) is 5.69 Å². The number of aromatic nitrogens is 4. The molecule has 0 aromatic carbocycles. The highest BCUT2D eigenvalue weighted by Gasteiger charge is 2.11. The lowest BCUT2D eigenvalue weighted by Crippen LogP contribution is -2.09. The molecule has 0 saturated heterocycles. The first kappa shape index (κ1) is 12.8. The predicted octanol–water partition coefficient (Wildman–Crippen LogP) is 0.977. The average Bonchev–Trinajstić information content (AvgIpc) is 2.86. The summed E-state index contributed by atoms with van der Waals surface area (Å²) in [4.78, 5) is 4.33. The summed E-state index contributed by atoms with van der Waals surface area (Å²) >= 11 is 0. The molecule has 0 spiro atoms. The first-order chi connectivity index (χ1) is 8.63. The third-order valence-corrected chi connectivity index (χ3v) is 3.39. The van der Waals surface area contributed by atoms with Gasteiger partial charge in [0.2, 0.25) is 0 Å². The Morgan fingerprint density at radius 3 is 2.67 bits per heavy atom. The molecule has 0 radical (unpaired) electrons. The Bertz CT molecular complexity index is 523. The predicted molar refractivity (Wildman–Crippen MR) is 71.4 cm³/mol. The van der Waals surface area contributed by atoms with E-state index in [1.807, 2.05) is 24.0 Å². The summed E-state index contributed by atoms with van der Waals surface area (Å²) in [7, 11) is 2.02. The molecule has 5 heteroatoms. The molecule has 0 unspecified atom stereocenters. The Morgan fingerprint density at radius 1 is 1.28 bits per heavy atom. The number of hydrogen-bond acceptors (Lipinski definition) is 3. The fourth-order valence-electron chi connectivity index (χ4n) is 2.30. The van der Waals surface area contributed by atoms with Gasteiger partial charge in [0.25, 0.3) is 0 Å². The van der Waals surface area contributed by atoms with E-state index in [1.54, 1.807) is 0 Å². The molecule has 5 nitrogen and oxygen atoms in total. The van der Waals surface area contributed by atoms with E-state index in [4.69, 9.17) is 5.73 Å². The lowest BCUT2D eigenvalue weighted by atomic mass is 10.1. The first-order valence-electron chi connectivity index (χ1n) is 6.32. The SMILES string of the molecule is Cc1nn(CCc2nccn2C)c(C)c1CCN. The van der Waals surface area contributed by atoms with Crippen LogP contribution in [0.3, 0.4) is 0 Å². The molecule has 2 aromatic rings. The van der Waals surface area contributed by atoms with Crippen molar-refractivity contribution < 1.29 is 0 Å². The van der Waals surface area contributed by atoms with Crippen molar-refractivity contribution in [2.45, 2.75) is 33.2 Å². The van der Waals surface area contributed by atoms with Crippen molar-refractivity contribution >= 4 is 0 Å². The minimum Gasteiger partial charge on any atom is -0.338 e. The van der Waals surface area contributed by atoms with Crippen LogP contribution in [-0.4, -0.2) is 25.9 Å². The Kier molecular flexibility index (Phi) is 3.81. The zero-order valence-corrected chi connectivity index (χ0v) is 11.3. The van der Waals surface area contributed by atoms with Gasteiger partial charge < -0.3 is 10.3 Å². The van der Waals surface area contributed by atoms with Crippen molar-refractivity contribution in [3.63, 3.8) is 0 Å². The maximum Gasteiger partial charge on any atom is 0.110 e. The molecule has 2 N–H and O–H groups in total. The van der Waals surface area contributed by atoms with Crippen molar-refractivity contribution in [2.24, 2.45) is 12.8 Å². The molecule has 0 saturated carbocycles. The quantitative estimate of drug-likeness (QED) is 0.856. The van der Waals surface area contributed by atoms with Gasteiger partial charge >= 0.3 is 0 Å². The zero-order valence-electron chi connectivity index (χ0n) is 11.3. The second-order valence-corrected chi connectivity index (χ2v) is 4.62. The summed E-state index contributed by atoms with van der Waals surface area (Å²) in [6.45, 7) is 5.70. The number of imidazole rings is 1. The van der Waals surface area contributed by atoms with Crippen LogP contribution in [0.5, 0.6) is 0 Å². The molecular weight excluding hydrogens is 226 g/mol. The van der Waals surface area contributed by atoms with Gasteiger partial charge in [0.15, 0.2) is 0 Å². The summed E-state index contributed by atoms with van der Waals surface area (Å²) in [5.74, 6) is 1.09. The Labute approximate surface area is 108 Å².